The Hall–Kier alpha value is -3.87. The molecular formula is C24H23N5O2. The van der Waals surface area contributed by atoms with E-state index >= 15 is 0 Å². The Morgan fingerprint density at radius 2 is 2.00 bits per heavy atom. The van der Waals surface area contributed by atoms with Gasteiger partial charge in [0.1, 0.15) is 17.3 Å². The summed E-state index contributed by atoms with van der Waals surface area (Å²) in [6, 6.07) is 18.2. The smallest absolute Gasteiger partial charge is 0.149 e. The molecule has 2 aromatic heterocycles. The van der Waals surface area contributed by atoms with Crippen molar-refractivity contribution in [3.8, 4) is 28.4 Å². The van der Waals surface area contributed by atoms with Crippen LogP contribution in [0.2, 0.25) is 0 Å². The Kier molecular flexibility index (Phi) is 5.00. The summed E-state index contributed by atoms with van der Waals surface area (Å²) >= 11 is 0. The normalized spacial score (nSPS) is 15.1. The molecule has 5 rings (SSSR count). The largest absolute Gasteiger partial charge is 0.495 e. The first-order valence-corrected chi connectivity index (χ1v) is 10.2. The highest BCUT2D eigenvalue weighted by molar-refractivity contribution is 5.66. The lowest BCUT2D eigenvalue weighted by molar-refractivity contribution is 0.274. The number of para-hydroxylation sites is 1. The summed E-state index contributed by atoms with van der Waals surface area (Å²) in [5.74, 6) is 2.41. The van der Waals surface area contributed by atoms with Crippen molar-refractivity contribution >= 4 is 5.82 Å². The van der Waals surface area contributed by atoms with E-state index in [9.17, 15) is 0 Å². The first-order valence-electron chi connectivity index (χ1n) is 10.2. The Balaban J connectivity index is 1.37. The number of fused-ring (bicyclic) bond motifs is 1. The lowest BCUT2D eigenvalue weighted by atomic mass is 10.0. The van der Waals surface area contributed by atoms with Crippen molar-refractivity contribution in [1.29, 1.82) is 0 Å². The summed E-state index contributed by atoms with van der Waals surface area (Å²) in [5, 5.41) is 12.3. The summed E-state index contributed by atoms with van der Waals surface area (Å²) in [7, 11) is 1.66. The van der Waals surface area contributed by atoms with Gasteiger partial charge in [-0.25, -0.2) is 4.98 Å². The van der Waals surface area contributed by atoms with E-state index < -0.39 is 0 Å². The number of hydrogen-bond acceptors (Lipinski definition) is 6. The standard InChI is InChI=1S/C24H23N5O2/c1-16-14-29(15-25-16)21-9-7-17(13-23(21)30-2)19-8-10-24(28-27-19)26-20-11-12-31-22-6-4-3-5-18(20)22/h3-10,13-15,20H,11-12H2,1-2H3,(H,26,28)/t20-/m0/s1. The lowest BCUT2D eigenvalue weighted by Crippen LogP contribution is -2.20. The van der Waals surface area contributed by atoms with Gasteiger partial charge in [-0.1, -0.05) is 24.3 Å². The Bertz CT molecular complexity index is 1200. The minimum Gasteiger partial charge on any atom is -0.495 e. The van der Waals surface area contributed by atoms with E-state index in [1.165, 1.54) is 0 Å². The summed E-state index contributed by atoms with van der Waals surface area (Å²) in [4.78, 5) is 4.29. The van der Waals surface area contributed by atoms with Crippen molar-refractivity contribution in [2.24, 2.45) is 0 Å². The molecule has 7 nitrogen and oxygen atoms in total. The summed E-state index contributed by atoms with van der Waals surface area (Å²) in [6.07, 6.45) is 4.63. The van der Waals surface area contributed by atoms with E-state index in [4.69, 9.17) is 9.47 Å². The van der Waals surface area contributed by atoms with Crippen molar-refractivity contribution < 1.29 is 9.47 Å². The molecule has 0 unspecified atom stereocenters. The Labute approximate surface area is 180 Å². The molecule has 7 heteroatoms. The van der Waals surface area contributed by atoms with Gasteiger partial charge in [0.05, 0.1) is 43.2 Å². The van der Waals surface area contributed by atoms with Crippen molar-refractivity contribution in [2.75, 3.05) is 19.0 Å². The maximum absolute atomic E-state index is 5.74. The third-order valence-corrected chi connectivity index (χ3v) is 5.41. The molecule has 0 saturated carbocycles. The van der Waals surface area contributed by atoms with Crippen LogP contribution in [0, 0.1) is 6.92 Å². The monoisotopic (exact) mass is 413 g/mol. The van der Waals surface area contributed by atoms with E-state index in [-0.39, 0.29) is 6.04 Å². The highest BCUT2D eigenvalue weighted by atomic mass is 16.5. The van der Waals surface area contributed by atoms with E-state index in [0.29, 0.717) is 6.61 Å². The predicted octanol–water partition coefficient (Wildman–Crippen LogP) is 4.58. The van der Waals surface area contributed by atoms with Crippen LogP contribution in [0.4, 0.5) is 5.82 Å². The number of aromatic nitrogens is 4. The topological polar surface area (TPSA) is 74.1 Å². The number of benzene rings is 2. The molecule has 1 atom stereocenters. The third kappa shape index (κ3) is 3.82. The van der Waals surface area contributed by atoms with Crippen molar-refractivity contribution in [3.63, 3.8) is 0 Å². The summed E-state index contributed by atoms with van der Waals surface area (Å²) in [6.45, 7) is 2.64. The zero-order valence-electron chi connectivity index (χ0n) is 17.4. The second-order valence-corrected chi connectivity index (χ2v) is 7.48. The molecule has 0 radical (unpaired) electrons. The first kappa shape index (κ1) is 19.1. The van der Waals surface area contributed by atoms with Gasteiger partial charge in [-0.2, -0.15) is 0 Å². The number of nitrogens with one attached hydrogen (secondary N) is 1. The van der Waals surface area contributed by atoms with Crippen LogP contribution >= 0.6 is 0 Å². The second kappa shape index (κ2) is 8.10. The molecule has 1 N–H and O–H groups in total. The van der Waals surface area contributed by atoms with Crippen molar-refractivity contribution in [3.05, 3.63) is 78.4 Å². The van der Waals surface area contributed by atoms with E-state index in [1.54, 1.807) is 13.4 Å². The number of nitrogens with zero attached hydrogens (tertiary/aromatic N) is 4. The highest BCUT2D eigenvalue weighted by Gasteiger charge is 2.21. The fourth-order valence-corrected chi connectivity index (χ4v) is 3.84. The number of hydrogen-bond donors (Lipinski definition) is 1. The zero-order chi connectivity index (χ0) is 21.2. The molecule has 0 saturated heterocycles. The molecule has 0 fully saturated rings. The maximum atomic E-state index is 5.74. The van der Waals surface area contributed by atoms with Crippen LogP contribution in [0.15, 0.2) is 67.1 Å². The Morgan fingerprint density at radius 3 is 2.77 bits per heavy atom. The van der Waals surface area contributed by atoms with Gasteiger partial charge in [0.2, 0.25) is 0 Å². The molecule has 0 bridgehead atoms. The minimum atomic E-state index is 0.156. The van der Waals surface area contributed by atoms with Gasteiger partial charge < -0.3 is 19.4 Å². The summed E-state index contributed by atoms with van der Waals surface area (Å²) < 4.78 is 13.3. The maximum Gasteiger partial charge on any atom is 0.149 e. The van der Waals surface area contributed by atoms with Gasteiger partial charge in [-0.15, -0.1) is 10.2 Å². The number of ether oxygens (including phenoxy) is 2. The van der Waals surface area contributed by atoms with Crippen LogP contribution in [-0.2, 0) is 0 Å². The molecule has 4 aromatic rings. The fraction of sp³-hybridized carbons (Fsp3) is 0.208. The van der Waals surface area contributed by atoms with Crippen LogP contribution in [0.25, 0.3) is 16.9 Å². The van der Waals surface area contributed by atoms with Crippen LogP contribution in [0.1, 0.15) is 23.7 Å². The van der Waals surface area contributed by atoms with Gasteiger partial charge >= 0.3 is 0 Å². The van der Waals surface area contributed by atoms with Crippen LogP contribution in [0.5, 0.6) is 11.5 Å². The molecule has 0 spiro atoms. The first-order chi connectivity index (χ1) is 15.2. The summed E-state index contributed by atoms with van der Waals surface area (Å²) in [5.41, 5.74) is 4.75. The molecule has 0 aliphatic carbocycles. The third-order valence-electron chi connectivity index (χ3n) is 5.41. The molecule has 2 aromatic carbocycles. The number of anilines is 1. The SMILES string of the molecule is COc1cc(-c2ccc(N[C@H]3CCOc4ccccc43)nn2)ccc1-n1cnc(C)c1. The average molecular weight is 413 g/mol. The number of imidazole rings is 1. The predicted molar refractivity (Wildman–Crippen MR) is 119 cm³/mol. The number of aryl methyl sites for hydroxylation is 1. The minimum absolute atomic E-state index is 0.156. The van der Waals surface area contributed by atoms with Gasteiger partial charge in [0, 0.05) is 23.7 Å². The molecule has 156 valence electrons. The van der Waals surface area contributed by atoms with Crippen LogP contribution < -0.4 is 14.8 Å². The second-order valence-electron chi connectivity index (χ2n) is 7.48. The Morgan fingerprint density at radius 1 is 1.10 bits per heavy atom. The molecule has 1 aliphatic heterocycles. The number of rotatable bonds is 5. The molecule has 1 aliphatic rings. The average Bonchev–Trinajstić information content (AvgIpc) is 3.25. The molecule has 31 heavy (non-hydrogen) atoms. The fourth-order valence-electron chi connectivity index (χ4n) is 3.84. The highest BCUT2D eigenvalue weighted by Crippen LogP contribution is 2.34. The van der Waals surface area contributed by atoms with E-state index in [2.05, 4.69) is 26.6 Å². The van der Waals surface area contributed by atoms with Crippen LogP contribution in [-0.4, -0.2) is 33.5 Å². The van der Waals surface area contributed by atoms with E-state index in [1.807, 2.05) is 66.2 Å². The zero-order valence-corrected chi connectivity index (χ0v) is 17.4. The molecular weight excluding hydrogens is 390 g/mol. The number of methoxy groups -OCH3 is 1. The molecule has 0 amide bonds. The van der Waals surface area contributed by atoms with Gasteiger partial charge in [-0.3, -0.25) is 0 Å². The quantitative estimate of drug-likeness (QED) is 0.516. The van der Waals surface area contributed by atoms with Crippen LogP contribution in [0.3, 0.4) is 0 Å². The van der Waals surface area contributed by atoms with Gasteiger partial charge in [0.25, 0.3) is 0 Å². The van der Waals surface area contributed by atoms with Crippen molar-refractivity contribution in [2.45, 2.75) is 19.4 Å². The van der Waals surface area contributed by atoms with E-state index in [0.717, 1.165) is 51.9 Å². The van der Waals surface area contributed by atoms with Gasteiger partial charge in [0.15, 0.2) is 0 Å². The lowest BCUT2D eigenvalue weighted by Gasteiger charge is -2.26. The van der Waals surface area contributed by atoms with Gasteiger partial charge in [-0.05, 0) is 37.3 Å². The molecule has 3 heterocycles. The van der Waals surface area contributed by atoms with Crippen molar-refractivity contribution in [1.82, 2.24) is 19.7 Å².